The summed E-state index contributed by atoms with van der Waals surface area (Å²) >= 11 is 0. The molecule has 6 heteroatoms. The lowest BCUT2D eigenvalue weighted by Crippen LogP contribution is -2.41. The molecule has 0 radical (unpaired) electrons. The van der Waals surface area contributed by atoms with E-state index in [4.69, 9.17) is 0 Å². The van der Waals surface area contributed by atoms with Gasteiger partial charge in [0.25, 0.3) is 0 Å². The van der Waals surface area contributed by atoms with Gasteiger partial charge in [-0.3, -0.25) is 14.6 Å². The minimum absolute atomic E-state index is 0.0745. The van der Waals surface area contributed by atoms with Crippen LogP contribution in [0.15, 0.2) is 24.5 Å². The van der Waals surface area contributed by atoms with Crippen LogP contribution in [-0.2, 0) is 16.1 Å². The number of likely N-dealkylation sites (N-methyl/N-ethyl adjacent to an activating group) is 1. The van der Waals surface area contributed by atoms with Crippen LogP contribution in [0.5, 0.6) is 0 Å². The Bertz CT molecular complexity index is 434. The average Bonchev–Trinajstić information content (AvgIpc) is 2.38. The number of nitrogens with one attached hydrogen (secondary N) is 1. The summed E-state index contributed by atoms with van der Waals surface area (Å²) in [6.45, 7) is 3.31. The highest BCUT2D eigenvalue weighted by Crippen LogP contribution is 2.03. The maximum absolute atomic E-state index is 11.8. The minimum atomic E-state index is -0.142. The third-order valence-electron chi connectivity index (χ3n) is 2.78. The molecule has 2 amide bonds. The Hall–Kier alpha value is -1.95. The van der Waals surface area contributed by atoms with Gasteiger partial charge in [-0.1, -0.05) is 0 Å². The molecular formula is C14H22N4O2. The lowest BCUT2D eigenvalue weighted by Gasteiger charge is -2.21. The highest BCUT2D eigenvalue weighted by Gasteiger charge is 2.13. The number of carbonyl (C=O) groups is 2. The van der Waals surface area contributed by atoms with E-state index in [0.717, 1.165) is 12.1 Å². The summed E-state index contributed by atoms with van der Waals surface area (Å²) in [6.07, 6.45) is 3.34. The summed E-state index contributed by atoms with van der Waals surface area (Å²) in [5.74, 6) is -0.263. The van der Waals surface area contributed by atoms with Crippen molar-refractivity contribution in [1.29, 1.82) is 0 Å². The number of amides is 2. The third kappa shape index (κ3) is 6.29. The van der Waals surface area contributed by atoms with E-state index in [1.807, 2.05) is 31.1 Å². The fourth-order valence-corrected chi connectivity index (χ4v) is 1.64. The maximum atomic E-state index is 11.8. The van der Waals surface area contributed by atoms with Crippen molar-refractivity contribution in [3.8, 4) is 0 Å². The van der Waals surface area contributed by atoms with E-state index in [1.54, 1.807) is 12.4 Å². The van der Waals surface area contributed by atoms with Gasteiger partial charge in [0.15, 0.2) is 0 Å². The van der Waals surface area contributed by atoms with Crippen LogP contribution in [0.1, 0.15) is 12.5 Å². The highest BCUT2D eigenvalue weighted by atomic mass is 16.2. The molecule has 1 rings (SSSR count). The largest absolute Gasteiger partial charge is 0.353 e. The van der Waals surface area contributed by atoms with Crippen LogP contribution < -0.4 is 5.32 Å². The Labute approximate surface area is 119 Å². The van der Waals surface area contributed by atoms with Gasteiger partial charge in [-0.05, 0) is 31.8 Å². The summed E-state index contributed by atoms with van der Waals surface area (Å²) in [4.78, 5) is 30.8. The molecule has 6 nitrogen and oxygen atoms in total. The highest BCUT2D eigenvalue weighted by molar-refractivity contribution is 5.83. The standard InChI is InChI=1S/C14H22N4O2/c1-12(19)18(10-13-4-6-15-7-5-13)11-14(20)16-8-9-17(2)3/h4-7H,8-11H2,1-3H3,(H,16,20). The third-order valence-corrected chi connectivity index (χ3v) is 2.78. The molecule has 1 aromatic rings. The Morgan fingerprint density at radius 1 is 1.25 bits per heavy atom. The van der Waals surface area contributed by atoms with E-state index in [1.165, 1.54) is 11.8 Å². The predicted octanol–water partition coefficient (Wildman–Crippen LogP) is 0.108. The molecule has 0 spiro atoms. The molecule has 0 atom stereocenters. The molecule has 0 aliphatic rings. The Morgan fingerprint density at radius 2 is 1.90 bits per heavy atom. The van der Waals surface area contributed by atoms with E-state index in [-0.39, 0.29) is 18.4 Å². The van der Waals surface area contributed by atoms with Crippen LogP contribution >= 0.6 is 0 Å². The number of carbonyl (C=O) groups excluding carboxylic acids is 2. The SMILES string of the molecule is CC(=O)N(CC(=O)NCCN(C)C)Cc1ccncc1. The van der Waals surface area contributed by atoms with Crippen molar-refractivity contribution in [2.45, 2.75) is 13.5 Å². The first-order valence-corrected chi connectivity index (χ1v) is 6.55. The second-order valence-corrected chi connectivity index (χ2v) is 4.88. The zero-order valence-corrected chi connectivity index (χ0v) is 12.3. The lowest BCUT2D eigenvalue weighted by molar-refractivity contribution is -0.134. The van der Waals surface area contributed by atoms with Gasteiger partial charge in [0.1, 0.15) is 0 Å². The van der Waals surface area contributed by atoms with Gasteiger partial charge in [-0.25, -0.2) is 0 Å². The Morgan fingerprint density at radius 3 is 2.45 bits per heavy atom. The van der Waals surface area contributed by atoms with Gasteiger partial charge in [0.05, 0.1) is 6.54 Å². The predicted molar refractivity (Wildman–Crippen MR) is 76.9 cm³/mol. The molecule has 0 bridgehead atoms. The molecule has 0 fully saturated rings. The number of nitrogens with zero attached hydrogens (tertiary/aromatic N) is 3. The summed E-state index contributed by atoms with van der Waals surface area (Å²) in [7, 11) is 3.88. The first kappa shape index (κ1) is 16.1. The van der Waals surface area contributed by atoms with Crippen LogP contribution in [0.25, 0.3) is 0 Å². The first-order valence-electron chi connectivity index (χ1n) is 6.55. The van der Waals surface area contributed by atoms with E-state index >= 15 is 0 Å². The molecule has 20 heavy (non-hydrogen) atoms. The molecule has 110 valence electrons. The Balaban J connectivity index is 2.47. The van der Waals surface area contributed by atoms with Crippen molar-refractivity contribution in [2.24, 2.45) is 0 Å². The summed E-state index contributed by atoms with van der Waals surface area (Å²) < 4.78 is 0. The van der Waals surface area contributed by atoms with E-state index < -0.39 is 0 Å². The van der Waals surface area contributed by atoms with Crippen LogP contribution in [0, 0.1) is 0 Å². The van der Waals surface area contributed by atoms with Crippen molar-refractivity contribution in [3.05, 3.63) is 30.1 Å². The average molecular weight is 278 g/mol. The minimum Gasteiger partial charge on any atom is -0.353 e. The van der Waals surface area contributed by atoms with Crippen molar-refractivity contribution in [2.75, 3.05) is 33.7 Å². The molecular weight excluding hydrogens is 256 g/mol. The molecule has 0 aliphatic carbocycles. The topological polar surface area (TPSA) is 65.5 Å². The summed E-state index contributed by atoms with van der Waals surface area (Å²) in [5.41, 5.74) is 0.955. The summed E-state index contributed by atoms with van der Waals surface area (Å²) in [5, 5.41) is 2.80. The van der Waals surface area contributed by atoms with E-state index in [9.17, 15) is 9.59 Å². The lowest BCUT2D eigenvalue weighted by atomic mass is 10.2. The van der Waals surface area contributed by atoms with Crippen molar-refractivity contribution in [3.63, 3.8) is 0 Å². The second kappa shape index (κ2) is 8.27. The van der Waals surface area contributed by atoms with Gasteiger partial charge in [-0.2, -0.15) is 0 Å². The molecule has 0 saturated heterocycles. The monoisotopic (exact) mass is 278 g/mol. The summed E-state index contributed by atoms with van der Waals surface area (Å²) in [6, 6.07) is 3.67. The maximum Gasteiger partial charge on any atom is 0.239 e. The van der Waals surface area contributed by atoms with Crippen molar-refractivity contribution in [1.82, 2.24) is 20.1 Å². The normalized spacial score (nSPS) is 10.4. The van der Waals surface area contributed by atoms with Gasteiger partial charge >= 0.3 is 0 Å². The number of pyridine rings is 1. The molecule has 1 heterocycles. The van der Waals surface area contributed by atoms with Crippen molar-refractivity contribution >= 4 is 11.8 Å². The molecule has 1 aromatic heterocycles. The van der Waals surface area contributed by atoms with E-state index in [2.05, 4.69) is 10.3 Å². The first-order chi connectivity index (χ1) is 9.49. The number of rotatable bonds is 7. The zero-order chi connectivity index (χ0) is 15.0. The van der Waals surface area contributed by atoms with Crippen LogP contribution in [0.2, 0.25) is 0 Å². The fourth-order valence-electron chi connectivity index (χ4n) is 1.64. The Kier molecular flexibility index (Phi) is 6.66. The number of aromatic nitrogens is 1. The quantitative estimate of drug-likeness (QED) is 0.769. The number of hydrogen-bond donors (Lipinski definition) is 1. The molecule has 0 saturated carbocycles. The zero-order valence-electron chi connectivity index (χ0n) is 12.3. The van der Waals surface area contributed by atoms with Crippen LogP contribution in [-0.4, -0.2) is 60.3 Å². The van der Waals surface area contributed by atoms with Crippen LogP contribution in [0.4, 0.5) is 0 Å². The van der Waals surface area contributed by atoms with Gasteiger partial charge < -0.3 is 15.1 Å². The van der Waals surface area contributed by atoms with Gasteiger partial charge in [0.2, 0.25) is 11.8 Å². The smallest absolute Gasteiger partial charge is 0.239 e. The molecule has 1 N–H and O–H groups in total. The van der Waals surface area contributed by atoms with Gasteiger partial charge in [0, 0.05) is 39.0 Å². The second-order valence-electron chi connectivity index (χ2n) is 4.88. The molecule has 0 aliphatic heterocycles. The molecule has 0 unspecified atom stereocenters. The van der Waals surface area contributed by atoms with Crippen LogP contribution in [0.3, 0.4) is 0 Å². The van der Waals surface area contributed by atoms with Crippen molar-refractivity contribution < 1.29 is 9.59 Å². The molecule has 0 aromatic carbocycles. The van der Waals surface area contributed by atoms with Gasteiger partial charge in [-0.15, -0.1) is 0 Å². The number of hydrogen-bond acceptors (Lipinski definition) is 4. The fraction of sp³-hybridized carbons (Fsp3) is 0.500. The van der Waals surface area contributed by atoms with E-state index in [0.29, 0.717) is 13.1 Å².